The summed E-state index contributed by atoms with van der Waals surface area (Å²) in [5.74, 6) is -0.339. The first-order chi connectivity index (χ1) is 6.76. The third-order valence-electron chi connectivity index (χ3n) is 2.68. The summed E-state index contributed by atoms with van der Waals surface area (Å²) < 4.78 is 0. The number of carbonyl (C=O) groups excluding carboxylic acids is 1. The van der Waals surface area contributed by atoms with Gasteiger partial charge in [0.25, 0.3) is 0 Å². The van der Waals surface area contributed by atoms with E-state index in [2.05, 4.69) is 10.3 Å². The molecular weight excluding hydrogens is 178 g/mol. The van der Waals surface area contributed by atoms with E-state index in [1.807, 2.05) is 18.2 Å². The zero-order valence-electron chi connectivity index (χ0n) is 7.86. The van der Waals surface area contributed by atoms with Crippen LogP contribution in [0.3, 0.4) is 0 Å². The SMILES string of the molecule is NC(=O)[C@@]1(c2ccccn2)CCCN1. The summed E-state index contributed by atoms with van der Waals surface area (Å²) in [6, 6.07) is 5.53. The Morgan fingerprint density at radius 2 is 2.43 bits per heavy atom. The molecule has 1 atom stereocenters. The maximum Gasteiger partial charge on any atom is 0.243 e. The molecule has 1 aromatic heterocycles. The summed E-state index contributed by atoms with van der Waals surface area (Å²) in [5, 5.41) is 3.15. The van der Waals surface area contributed by atoms with Gasteiger partial charge in [-0.1, -0.05) is 6.07 Å². The van der Waals surface area contributed by atoms with Crippen LogP contribution in [0.4, 0.5) is 0 Å². The second kappa shape index (κ2) is 3.38. The highest BCUT2D eigenvalue weighted by Gasteiger charge is 2.42. The molecule has 74 valence electrons. The largest absolute Gasteiger partial charge is 0.368 e. The van der Waals surface area contributed by atoms with Crippen molar-refractivity contribution in [2.24, 2.45) is 5.73 Å². The van der Waals surface area contributed by atoms with Gasteiger partial charge < -0.3 is 5.73 Å². The average molecular weight is 191 g/mol. The third-order valence-corrected chi connectivity index (χ3v) is 2.68. The van der Waals surface area contributed by atoms with Crippen LogP contribution in [0, 0.1) is 0 Å². The highest BCUT2D eigenvalue weighted by Crippen LogP contribution is 2.28. The number of rotatable bonds is 2. The first kappa shape index (κ1) is 9.15. The second-order valence-corrected chi connectivity index (χ2v) is 3.51. The zero-order chi connectivity index (χ0) is 10.0. The fourth-order valence-corrected chi connectivity index (χ4v) is 1.91. The van der Waals surface area contributed by atoms with E-state index >= 15 is 0 Å². The Kier molecular flexibility index (Phi) is 2.21. The molecular formula is C10H13N3O. The van der Waals surface area contributed by atoms with Crippen LogP contribution in [0.15, 0.2) is 24.4 Å². The van der Waals surface area contributed by atoms with Crippen LogP contribution in [0.1, 0.15) is 18.5 Å². The Morgan fingerprint density at radius 3 is 2.93 bits per heavy atom. The van der Waals surface area contributed by atoms with Crippen molar-refractivity contribution < 1.29 is 4.79 Å². The van der Waals surface area contributed by atoms with E-state index < -0.39 is 5.54 Å². The van der Waals surface area contributed by atoms with Crippen molar-refractivity contribution in [2.45, 2.75) is 18.4 Å². The van der Waals surface area contributed by atoms with Crippen molar-refractivity contribution >= 4 is 5.91 Å². The lowest BCUT2D eigenvalue weighted by molar-refractivity contribution is -0.124. The van der Waals surface area contributed by atoms with E-state index in [9.17, 15) is 4.79 Å². The van der Waals surface area contributed by atoms with Gasteiger partial charge in [-0.3, -0.25) is 15.1 Å². The molecule has 0 aromatic carbocycles. The molecule has 0 bridgehead atoms. The Morgan fingerprint density at radius 1 is 1.57 bits per heavy atom. The van der Waals surface area contributed by atoms with Crippen molar-refractivity contribution in [3.8, 4) is 0 Å². The Balaban J connectivity index is 2.42. The Labute approximate surface area is 82.5 Å². The highest BCUT2D eigenvalue weighted by molar-refractivity contribution is 5.86. The van der Waals surface area contributed by atoms with Gasteiger partial charge >= 0.3 is 0 Å². The number of aromatic nitrogens is 1. The minimum Gasteiger partial charge on any atom is -0.368 e. The number of nitrogens with two attached hydrogens (primary N) is 1. The maximum atomic E-state index is 11.4. The molecule has 0 spiro atoms. The molecule has 0 saturated carbocycles. The zero-order valence-corrected chi connectivity index (χ0v) is 7.86. The fourth-order valence-electron chi connectivity index (χ4n) is 1.91. The van der Waals surface area contributed by atoms with Gasteiger partial charge in [0.1, 0.15) is 5.54 Å². The number of amides is 1. The van der Waals surface area contributed by atoms with E-state index in [1.165, 1.54) is 0 Å². The molecule has 3 N–H and O–H groups in total. The smallest absolute Gasteiger partial charge is 0.243 e. The number of pyridine rings is 1. The number of primary amides is 1. The standard InChI is InChI=1S/C10H13N3O/c11-9(14)10(5-3-7-13-10)8-4-1-2-6-12-8/h1-2,4,6,13H,3,5,7H2,(H2,11,14)/t10-/m0/s1. The second-order valence-electron chi connectivity index (χ2n) is 3.51. The number of nitrogens with one attached hydrogen (secondary N) is 1. The normalized spacial score (nSPS) is 26.3. The van der Waals surface area contributed by atoms with Crippen LogP contribution in [0.2, 0.25) is 0 Å². The predicted octanol–water partition coefficient (Wildman–Crippen LogP) is 0.146. The van der Waals surface area contributed by atoms with E-state index in [1.54, 1.807) is 6.20 Å². The van der Waals surface area contributed by atoms with E-state index in [-0.39, 0.29) is 5.91 Å². The Hall–Kier alpha value is -1.42. The monoisotopic (exact) mass is 191 g/mol. The molecule has 4 heteroatoms. The van der Waals surface area contributed by atoms with Crippen molar-refractivity contribution in [3.05, 3.63) is 30.1 Å². The summed E-state index contributed by atoms with van der Waals surface area (Å²) in [5.41, 5.74) is 5.42. The first-order valence-corrected chi connectivity index (χ1v) is 4.72. The molecule has 0 aliphatic carbocycles. The van der Waals surface area contributed by atoms with Crippen molar-refractivity contribution in [1.29, 1.82) is 0 Å². The fraction of sp³-hybridized carbons (Fsp3) is 0.400. The van der Waals surface area contributed by atoms with E-state index in [4.69, 9.17) is 5.73 Å². The molecule has 0 unspecified atom stereocenters. The Bertz CT molecular complexity index is 330. The molecule has 4 nitrogen and oxygen atoms in total. The molecule has 2 heterocycles. The highest BCUT2D eigenvalue weighted by atomic mass is 16.1. The lowest BCUT2D eigenvalue weighted by Gasteiger charge is -2.24. The van der Waals surface area contributed by atoms with Crippen LogP contribution in [-0.4, -0.2) is 17.4 Å². The lowest BCUT2D eigenvalue weighted by atomic mass is 9.92. The molecule has 1 saturated heterocycles. The first-order valence-electron chi connectivity index (χ1n) is 4.72. The molecule has 1 fully saturated rings. The van der Waals surface area contributed by atoms with Crippen LogP contribution in [-0.2, 0) is 10.3 Å². The summed E-state index contributed by atoms with van der Waals surface area (Å²) >= 11 is 0. The van der Waals surface area contributed by atoms with Crippen molar-refractivity contribution in [3.63, 3.8) is 0 Å². The predicted molar refractivity (Wildman–Crippen MR) is 52.3 cm³/mol. The number of hydrogen-bond donors (Lipinski definition) is 2. The minimum atomic E-state index is -0.735. The molecule has 14 heavy (non-hydrogen) atoms. The maximum absolute atomic E-state index is 11.4. The van der Waals surface area contributed by atoms with Gasteiger partial charge in [0.05, 0.1) is 5.69 Å². The molecule has 1 aliphatic heterocycles. The van der Waals surface area contributed by atoms with Gasteiger partial charge in [0, 0.05) is 6.20 Å². The van der Waals surface area contributed by atoms with Gasteiger partial charge in [-0.25, -0.2) is 0 Å². The average Bonchev–Trinajstić information content (AvgIpc) is 2.69. The molecule has 1 aliphatic rings. The quantitative estimate of drug-likeness (QED) is 0.699. The minimum absolute atomic E-state index is 0.339. The summed E-state index contributed by atoms with van der Waals surface area (Å²) in [6.45, 7) is 0.819. The summed E-state index contributed by atoms with van der Waals surface area (Å²) in [6.07, 6.45) is 3.37. The number of hydrogen-bond acceptors (Lipinski definition) is 3. The van der Waals surface area contributed by atoms with Gasteiger partial charge in [0.2, 0.25) is 5.91 Å². The molecule has 0 radical (unpaired) electrons. The third kappa shape index (κ3) is 1.28. The number of carbonyl (C=O) groups is 1. The van der Waals surface area contributed by atoms with Gasteiger partial charge in [-0.15, -0.1) is 0 Å². The van der Waals surface area contributed by atoms with Crippen LogP contribution in [0.25, 0.3) is 0 Å². The van der Waals surface area contributed by atoms with E-state index in [0.29, 0.717) is 0 Å². The molecule has 2 rings (SSSR count). The van der Waals surface area contributed by atoms with Gasteiger partial charge in [-0.05, 0) is 31.5 Å². The lowest BCUT2D eigenvalue weighted by Crippen LogP contribution is -2.49. The van der Waals surface area contributed by atoms with Crippen molar-refractivity contribution in [2.75, 3.05) is 6.54 Å². The molecule has 1 aromatic rings. The van der Waals surface area contributed by atoms with E-state index in [0.717, 1.165) is 25.1 Å². The van der Waals surface area contributed by atoms with Crippen LogP contribution >= 0.6 is 0 Å². The van der Waals surface area contributed by atoms with Crippen molar-refractivity contribution in [1.82, 2.24) is 10.3 Å². The van der Waals surface area contributed by atoms with Crippen LogP contribution in [0.5, 0.6) is 0 Å². The number of nitrogens with zero attached hydrogens (tertiary/aromatic N) is 1. The molecule has 1 amide bonds. The van der Waals surface area contributed by atoms with Gasteiger partial charge in [0.15, 0.2) is 0 Å². The van der Waals surface area contributed by atoms with Crippen LogP contribution < -0.4 is 11.1 Å². The summed E-state index contributed by atoms with van der Waals surface area (Å²) in [7, 11) is 0. The topological polar surface area (TPSA) is 68.0 Å². The van der Waals surface area contributed by atoms with Gasteiger partial charge in [-0.2, -0.15) is 0 Å². The summed E-state index contributed by atoms with van der Waals surface area (Å²) in [4.78, 5) is 15.6.